The van der Waals surface area contributed by atoms with Crippen LogP contribution in [0.25, 0.3) is 6.08 Å². The van der Waals surface area contributed by atoms with Gasteiger partial charge in [-0.2, -0.15) is 0 Å². The molecule has 1 heterocycles. The van der Waals surface area contributed by atoms with Crippen LogP contribution in [0.15, 0.2) is 89.6 Å². The highest BCUT2D eigenvalue weighted by Crippen LogP contribution is 2.28. The van der Waals surface area contributed by atoms with Gasteiger partial charge in [0.15, 0.2) is 0 Å². The molecule has 1 aliphatic heterocycles. The summed E-state index contributed by atoms with van der Waals surface area (Å²) in [6, 6.07) is 21.4. The fourth-order valence-electron chi connectivity index (χ4n) is 3.01. The van der Waals surface area contributed by atoms with Crippen molar-refractivity contribution in [3.8, 4) is 5.75 Å². The van der Waals surface area contributed by atoms with Gasteiger partial charge in [0, 0.05) is 5.56 Å². The molecule has 4 rings (SSSR count). The maximum Gasteiger partial charge on any atom is 0.335 e. The molecule has 0 bridgehead atoms. The largest absolute Gasteiger partial charge is 0.872 e. The van der Waals surface area contributed by atoms with Crippen LogP contribution < -0.4 is 10.0 Å². The summed E-state index contributed by atoms with van der Waals surface area (Å²) < 4.78 is 0. The number of anilines is 1. The van der Waals surface area contributed by atoms with Gasteiger partial charge in [-0.3, -0.25) is 9.69 Å². The van der Waals surface area contributed by atoms with E-state index in [-0.39, 0.29) is 22.9 Å². The minimum Gasteiger partial charge on any atom is -0.872 e. The molecule has 0 aliphatic carbocycles. The lowest BCUT2D eigenvalue weighted by molar-refractivity contribution is -0.268. The molecule has 142 valence electrons. The van der Waals surface area contributed by atoms with Crippen LogP contribution in [0.5, 0.6) is 5.75 Å². The van der Waals surface area contributed by atoms with Crippen molar-refractivity contribution in [3.05, 3.63) is 101 Å². The van der Waals surface area contributed by atoms with Crippen molar-refractivity contribution in [1.82, 2.24) is 0 Å². The molecule has 0 saturated carbocycles. The Balaban J connectivity index is 1.79. The van der Waals surface area contributed by atoms with Crippen LogP contribution in [0.4, 0.5) is 5.69 Å². The molecule has 3 aromatic rings. The normalized spacial score (nSPS) is 14.9. The van der Waals surface area contributed by atoms with Gasteiger partial charge in [0.05, 0.1) is 11.3 Å². The van der Waals surface area contributed by atoms with Crippen LogP contribution in [0, 0.1) is 0 Å². The number of hydrogen-bond acceptors (Lipinski definition) is 4. The molecule has 6 nitrogen and oxygen atoms in total. The Morgan fingerprint density at radius 3 is 2.21 bits per heavy atom. The average molecular weight is 383 g/mol. The summed E-state index contributed by atoms with van der Waals surface area (Å²) in [6.45, 7) is 0. The van der Waals surface area contributed by atoms with E-state index in [1.54, 1.807) is 30.3 Å². The van der Waals surface area contributed by atoms with E-state index >= 15 is 0 Å². The van der Waals surface area contributed by atoms with Crippen molar-refractivity contribution in [3.63, 3.8) is 0 Å². The number of benzene rings is 3. The standard InChI is InChI=1S/C23H16N2O4/c26-19-12-6-15(7-13-19)14-20-22(27)25(18-10-8-17(9-11-18)23(28)29)21(24-20)16-4-2-1-3-5-16/h1-14,26H,(H,28,29)/p-1/b20-14+. The number of amidine groups is 1. The highest BCUT2D eigenvalue weighted by Gasteiger charge is 2.32. The first-order valence-corrected chi connectivity index (χ1v) is 8.83. The van der Waals surface area contributed by atoms with Gasteiger partial charge in [0.25, 0.3) is 5.91 Å². The Morgan fingerprint density at radius 2 is 1.59 bits per heavy atom. The van der Waals surface area contributed by atoms with Gasteiger partial charge in [-0.25, -0.2) is 9.79 Å². The third-order valence-electron chi connectivity index (χ3n) is 4.45. The van der Waals surface area contributed by atoms with Crippen LogP contribution in [-0.4, -0.2) is 22.8 Å². The van der Waals surface area contributed by atoms with Crippen molar-refractivity contribution >= 4 is 29.5 Å². The van der Waals surface area contributed by atoms with E-state index in [2.05, 4.69) is 4.99 Å². The Bertz CT molecular complexity index is 1130. The second kappa shape index (κ2) is 7.44. The summed E-state index contributed by atoms with van der Waals surface area (Å²) in [5.41, 5.74) is 2.31. The second-order valence-electron chi connectivity index (χ2n) is 6.39. The molecule has 0 fully saturated rings. The lowest BCUT2D eigenvalue weighted by atomic mass is 10.1. The second-order valence-corrected chi connectivity index (χ2v) is 6.39. The predicted molar refractivity (Wildman–Crippen MR) is 108 cm³/mol. The number of rotatable bonds is 4. The lowest BCUT2D eigenvalue weighted by Gasteiger charge is -2.18. The van der Waals surface area contributed by atoms with E-state index in [9.17, 15) is 14.7 Å². The Hall–Kier alpha value is -4.19. The molecule has 0 atom stereocenters. The minimum atomic E-state index is -1.04. The van der Waals surface area contributed by atoms with Crippen LogP contribution in [-0.2, 0) is 4.79 Å². The smallest absolute Gasteiger partial charge is 0.335 e. The lowest BCUT2D eigenvalue weighted by Crippen LogP contribution is -2.32. The summed E-state index contributed by atoms with van der Waals surface area (Å²) in [6.07, 6.45) is 1.62. The average Bonchev–Trinajstić information content (AvgIpc) is 3.06. The summed E-state index contributed by atoms with van der Waals surface area (Å²) in [4.78, 5) is 30.3. The highest BCUT2D eigenvalue weighted by molar-refractivity contribution is 6.33. The van der Waals surface area contributed by atoms with E-state index in [0.717, 1.165) is 5.56 Å². The number of aromatic carboxylic acids is 1. The molecule has 0 aromatic heterocycles. The molecule has 0 unspecified atom stereocenters. The van der Waals surface area contributed by atoms with Gasteiger partial charge in [-0.15, -0.1) is 5.75 Å². The summed E-state index contributed by atoms with van der Waals surface area (Å²) >= 11 is 0. The zero-order chi connectivity index (χ0) is 20.4. The van der Waals surface area contributed by atoms with Crippen molar-refractivity contribution < 1.29 is 19.8 Å². The molecule has 29 heavy (non-hydrogen) atoms. The number of carboxylic acid groups (broad SMARTS) is 1. The van der Waals surface area contributed by atoms with Gasteiger partial charge in [0.2, 0.25) is 0 Å². The van der Waals surface area contributed by atoms with Gasteiger partial charge in [-0.05, 0) is 35.9 Å². The molecule has 6 heteroatoms. The van der Waals surface area contributed by atoms with Gasteiger partial charge in [0.1, 0.15) is 11.5 Å². The Kier molecular flexibility index (Phi) is 4.66. The van der Waals surface area contributed by atoms with Gasteiger partial charge >= 0.3 is 5.97 Å². The zero-order valence-corrected chi connectivity index (χ0v) is 15.1. The maximum absolute atomic E-state index is 13.1. The van der Waals surface area contributed by atoms with Crippen LogP contribution >= 0.6 is 0 Å². The molecule has 0 saturated heterocycles. The van der Waals surface area contributed by atoms with Gasteiger partial charge < -0.3 is 10.2 Å². The summed E-state index contributed by atoms with van der Waals surface area (Å²) in [7, 11) is 0. The molecule has 1 amide bonds. The molecule has 1 N–H and O–H groups in total. The molecule has 1 aliphatic rings. The van der Waals surface area contributed by atoms with E-state index in [1.807, 2.05) is 30.3 Å². The number of carboxylic acids is 1. The third-order valence-corrected chi connectivity index (χ3v) is 4.45. The number of aliphatic imine (C=N–C) groups is 1. The van der Waals surface area contributed by atoms with E-state index < -0.39 is 5.97 Å². The first-order valence-electron chi connectivity index (χ1n) is 8.83. The molecule has 0 radical (unpaired) electrons. The predicted octanol–water partition coefficient (Wildman–Crippen LogP) is 3.29. The SMILES string of the molecule is O=C(O)c1ccc(N2C(=O)/C(=C\c3ccc([O-])cc3)N=C2c2ccccc2)cc1. The Morgan fingerprint density at radius 1 is 0.931 bits per heavy atom. The van der Waals surface area contributed by atoms with E-state index in [1.165, 1.54) is 29.2 Å². The third kappa shape index (κ3) is 3.64. The fraction of sp³-hybridized carbons (Fsp3) is 0. The number of carbonyl (C=O) groups excluding carboxylic acids is 1. The number of amides is 1. The summed E-state index contributed by atoms with van der Waals surface area (Å²) in [5, 5.41) is 20.4. The van der Waals surface area contributed by atoms with E-state index in [4.69, 9.17) is 5.11 Å². The first kappa shape index (κ1) is 18.2. The number of nitrogens with zero attached hydrogens (tertiary/aromatic N) is 2. The molecule has 3 aromatic carbocycles. The monoisotopic (exact) mass is 383 g/mol. The molecular formula is C23H15N2O4-. The zero-order valence-electron chi connectivity index (χ0n) is 15.1. The molecule has 0 spiro atoms. The van der Waals surface area contributed by atoms with Crippen molar-refractivity contribution in [2.75, 3.05) is 4.90 Å². The number of hydrogen-bond donors (Lipinski definition) is 1. The quantitative estimate of drug-likeness (QED) is 0.700. The van der Waals surface area contributed by atoms with Crippen LogP contribution in [0.1, 0.15) is 21.5 Å². The Labute approximate surface area is 166 Å². The van der Waals surface area contributed by atoms with Crippen molar-refractivity contribution in [2.24, 2.45) is 4.99 Å². The number of carbonyl (C=O) groups is 2. The minimum absolute atomic E-state index is 0.112. The van der Waals surface area contributed by atoms with Gasteiger partial charge in [-0.1, -0.05) is 54.6 Å². The maximum atomic E-state index is 13.1. The van der Waals surface area contributed by atoms with Crippen molar-refractivity contribution in [2.45, 2.75) is 0 Å². The van der Waals surface area contributed by atoms with Crippen molar-refractivity contribution in [1.29, 1.82) is 0 Å². The highest BCUT2D eigenvalue weighted by atomic mass is 16.4. The van der Waals surface area contributed by atoms with E-state index in [0.29, 0.717) is 17.1 Å². The summed E-state index contributed by atoms with van der Waals surface area (Å²) in [5.74, 6) is -1.04. The first-order chi connectivity index (χ1) is 14.0. The fourth-order valence-corrected chi connectivity index (χ4v) is 3.01. The van der Waals surface area contributed by atoms with Crippen LogP contribution in [0.3, 0.4) is 0 Å². The molecular weight excluding hydrogens is 368 g/mol. The topological polar surface area (TPSA) is 93.0 Å². The van der Waals surface area contributed by atoms with Crippen LogP contribution in [0.2, 0.25) is 0 Å².